The van der Waals surface area contributed by atoms with Gasteiger partial charge in [0.1, 0.15) is 23.9 Å². The van der Waals surface area contributed by atoms with Gasteiger partial charge in [-0.15, -0.1) is 0 Å². The van der Waals surface area contributed by atoms with Crippen molar-refractivity contribution in [1.29, 1.82) is 0 Å². The minimum Gasteiger partial charge on any atom is -0.390 e. The number of hydrogen-bond acceptors (Lipinski definition) is 5. The Kier molecular flexibility index (Phi) is 2.27. The molecular formula is C11H14N4O2. The molecule has 17 heavy (non-hydrogen) atoms. The third-order valence-electron chi connectivity index (χ3n) is 3.44. The quantitative estimate of drug-likeness (QED) is 0.648. The van der Waals surface area contributed by atoms with Crippen molar-refractivity contribution >= 4 is 16.9 Å². The molecule has 1 aliphatic rings. The largest absolute Gasteiger partial charge is 0.390 e. The Morgan fingerprint density at radius 1 is 1.29 bits per heavy atom. The summed E-state index contributed by atoms with van der Waals surface area (Å²) >= 11 is 0. The Bertz CT molecular complexity index is 553. The molecular weight excluding hydrogens is 220 g/mol. The number of fused-ring (bicyclic) bond motifs is 1. The fraction of sp³-hybridized carbons (Fsp3) is 0.455. The van der Waals surface area contributed by atoms with Gasteiger partial charge in [0.05, 0.1) is 17.5 Å². The molecule has 0 radical (unpaired) electrons. The number of nitrogens with zero attached hydrogens (tertiary/aromatic N) is 3. The Morgan fingerprint density at radius 2 is 2.12 bits per heavy atom. The lowest BCUT2D eigenvalue weighted by Gasteiger charge is -2.18. The number of aromatic nitrogens is 3. The second-order valence-electron chi connectivity index (χ2n) is 4.42. The first-order valence-electron chi connectivity index (χ1n) is 5.61. The van der Waals surface area contributed by atoms with Gasteiger partial charge in [-0.2, -0.15) is 0 Å². The van der Waals surface area contributed by atoms with Crippen LogP contribution in [0.3, 0.4) is 0 Å². The summed E-state index contributed by atoms with van der Waals surface area (Å²) in [6, 6.07) is 1.69. The first kappa shape index (κ1) is 10.5. The standard InChI is InChI=1S/C11H14N4O2/c12-10-6-3-4-15(11(6)14-5-13-10)7-1-2-8(16)9(7)17/h3-5,7-9,16-17H,1-2H2,(H2,12,13,14)/t7-,8-,9+/m0/s1. The molecule has 0 amide bonds. The van der Waals surface area contributed by atoms with E-state index in [1.807, 2.05) is 16.8 Å². The van der Waals surface area contributed by atoms with Crippen LogP contribution in [0.25, 0.3) is 11.0 Å². The van der Waals surface area contributed by atoms with E-state index in [1.165, 1.54) is 6.33 Å². The highest BCUT2D eigenvalue weighted by Crippen LogP contribution is 2.33. The number of anilines is 1. The van der Waals surface area contributed by atoms with E-state index in [2.05, 4.69) is 9.97 Å². The Morgan fingerprint density at radius 3 is 2.82 bits per heavy atom. The van der Waals surface area contributed by atoms with Crippen LogP contribution in [0.1, 0.15) is 18.9 Å². The van der Waals surface area contributed by atoms with Gasteiger partial charge in [0, 0.05) is 6.20 Å². The number of aliphatic hydroxyl groups excluding tert-OH is 2. The lowest BCUT2D eigenvalue weighted by molar-refractivity contribution is 0.0242. The third-order valence-corrected chi connectivity index (χ3v) is 3.44. The summed E-state index contributed by atoms with van der Waals surface area (Å²) in [5, 5.41) is 20.3. The summed E-state index contributed by atoms with van der Waals surface area (Å²) in [5.74, 6) is 0.432. The zero-order valence-corrected chi connectivity index (χ0v) is 9.19. The van der Waals surface area contributed by atoms with Crippen LogP contribution in [-0.2, 0) is 0 Å². The van der Waals surface area contributed by atoms with E-state index in [1.54, 1.807) is 0 Å². The summed E-state index contributed by atoms with van der Waals surface area (Å²) in [5.41, 5.74) is 6.46. The summed E-state index contributed by atoms with van der Waals surface area (Å²) in [6.45, 7) is 0. The Balaban J connectivity index is 2.10. The molecule has 90 valence electrons. The fourth-order valence-corrected chi connectivity index (χ4v) is 2.50. The second kappa shape index (κ2) is 3.68. The molecule has 4 N–H and O–H groups in total. The van der Waals surface area contributed by atoms with Crippen molar-refractivity contribution in [3.63, 3.8) is 0 Å². The van der Waals surface area contributed by atoms with Crippen LogP contribution in [0.15, 0.2) is 18.6 Å². The van der Waals surface area contributed by atoms with Crippen molar-refractivity contribution in [2.45, 2.75) is 31.1 Å². The molecule has 0 saturated heterocycles. The highest BCUT2D eigenvalue weighted by atomic mass is 16.3. The van der Waals surface area contributed by atoms with Crippen molar-refractivity contribution in [2.75, 3.05) is 5.73 Å². The van der Waals surface area contributed by atoms with Gasteiger partial charge in [-0.25, -0.2) is 9.97 Å². The number of nitrogen functional groups attached to an aromatic ring is 1. The molecule has 3 atom stereocenters. The summed E-state index contributed by atoms with van der Waals surface area (Å²) in [6.07, 6.45) is 3.17. The lowest BCUT2D eigenvalue weighted by atomic mass is 10.2. The van der Waals surface area contributed by atoms with E-state index in [-0.39, 0.29) is 6.04 Å². The molecule has 2 aromatic heterocycles. The number of hydrogen-bond donors (Lipinski definition) is 3. The second-order valence-corrected chi connectivity index (χ2v) is 4.42. The monoisotopic (exact) mass is 234 g/mol. The van der Waals surface area contributed by atoms with Crippen LogP contribution in [0.4, 0.5) is 5.82 Å². The molecule has 2 heterocycles. The zero-order valence-electron chi connectivity index (χ0n) is 9.19. The first-order chi connectivity index (χ1) is 8.18. The molecule has 6 nitrogen and oxygen atoms in total. The maximum atomic E-state index is 9.91. The van der Waals surface area contributed by atoms with Gasteiger partial charge < -0.3 is 20.5 Å². The van der Waals surface area contributed by atoms with E-state index in [9.17, 15) is 10.2 Å². The van der Waals surface area contributed by atoms with Crippen LogP contribution in [0.2, 0.25) is 0 Å². The van der Waals surface area contributed by atoms with E-state index in [0.29, 0.717) is 17.9 Å². The molecule has 1 fully saturated rings. The van der Waals surface area contributed by atoms with Crippen molar-refractivity contribution in [3.8, 4) is 0 Å². The molecule has 1 saturated carbocycles. The summed E-state index contributed by atoms with van der Waals surface area (Å²) in [4.78, 5) is 8.11. The van der Waals surface area contributed by atoms with Crippen molar-refractivity contribution in [3.05, 3.63) is 18.6 Å². The minimum atomic E-state index is -0.748. The van der Waals surface area contributed by atoms with Gasteiger partial charge in [0.2, 0.25) is 0 Å². The highest BCUT2D eigenvalue weighted by Gasteiger charge is 2.35. The van der Waals surface area contributed by atoms with Gasteiger partial charge >= 0.3 is 0 Å². The number of aliphatic hydroxyl groups is 2. The number of rotatable bonds is 1. The van der Waals surface area contributed by atoms with Crippen LogP contribution >= 0.6 is 0 Å². The van der Waals surface area contributed by atoms with Crippen molar-refractivity contribution in [2.24, 2.45) is 0 Å². The van der Waals surface area contributed by atoms with Crippen LogP contribution in [0, 0.1) is 0 Å². The normalized spacial score (nSPS) is 28.9. The Hall–Kier alpha value is -1.66. The average molecular weight is 234 g/mol. The molecule has 0 aromatic carbocycles. The van der Waals surface area contributed by atoms with Gasteiger partial charge in [0.25, 0.3) is 0 Å². The third kappa shape index (κ3) is 1.49. The van der Waals surface area contributed by atoms with Gasteiger partial charge in [-0.05, 0) is 18.9 Å². The molecule has 0 aliphatic heterocycles. The van der Waals surface area contributed by atoms with Crippen LogP contribution < -0.4 is 5.73 Å². The van der Waals surface area contributed by atoms with Gasteiger partial charge in [0.15, 0.2) is 0 Å². The topological polar surface area (TPSA) is 97.2 Å². The summed E-state index contributed by atoms with van der Waals surface area (Å²) < 4.78 is 1.87. The van der Waals surface area contributed by atoms with E-state index >= 15 is 0 Å². The first-order valence-corrected chi connectivity index (χ1v) is 5.61. The smallest absolute Gasteiger partial charge is 0.145 e. The SMILES string of the molecule is Nc1ncnc2c1ccn2[C@H]1CC[C@H](O)[C@@H]1O. The highest BCUT2D eigenvalue weighted by molar-refractivity contribution is 5.86. The van der Waals surface area contributed by atoms with Crippen molar-refractivity contribution in [1.82, 2.24) is 14.5 Å². The van der Waals surface area contributed by atoms with Gasteiger partial charge in [-0.1, -0.05) is 0 Å². The molecule has 0 spiro atoms. The molecule has 0 unspecified atom stereocenters. The van der Waals surface area contributed by atoms with E-state index < -0.39 is 12.2 Å². The summed E-state index contributed by atoms with van der Waals surface area (Å²) in [7, 11) is 0. The van der Waals surface area contributed by atoms with E-state index in [4.69, 9.17) is 5.73 Å². The molecule has 1 aliphatic carbocycles. The average Bonchev–Trinajstić information content (AvgIpc) is 2.86. The predicted octanol–water partition coefficient (Wildman–Crippen LogP) is 0.0702. The van der Waals surface area contributed by atoms with Gasteiger partial charge in [-0.3, -0.25) is 0 Å². The maximum Gasteiger partial charge on any atom is 0.145 e. The van der Waals surface area contributed by atoms with Crippen LogP contribution in [0.5, 0.6) is 0 Å². The predicted molar refractivity (Wildman–Crippen MR) is 62.2 cm³/mol. The maximum absolute atomic E-state index is 9.91. The molecule has 3 rings (SSSR count). The van der Waals surface area contributed by atoms with Crippen LogP contribution in [-0.4, -0.2) is 37.0 Å². The lowest BCUT2D eigenvalue weighted by Crippen LogP contribution is -2.26. The zero-order chi connectivity index (χ0) is 12.0. The molecule has 2 aromatic rings. The molecule has 6 heteroatoms. The van der Waals surface area contributed by atoms with Crippen molar-refractivity contribution < 1.29 is 10.2 Å². The minimum absolute atomic E-state index is 0.142. The fourth-order valence-electron chi connectivity index (χ4n) is 2.50. The molecule has 0 bridgehead atoms. The number of nitrogens with two attached hydrogens (primary N) is 1. The Labute approximate surface area is 97.7 Å². The van der Waals surface area contributed by atoms with E-state index in [0.717, 1.165) is 11.8 Å².